The molecule has 1 spiro atoms. The minimum atomic E-state index is -4.15. The van der Waals surface area contributed by atoms with Gasteiger partial charge in [-0.2, -0.15) is 17.9 Å². The van der Waals surface area contributed by atoms with Crippen LogP contribution in [-0.4, -0.2) is 78.7 Å². The Morgan fingerprint density at radius 3 is 2.49 bits per heavy atom. The number of amides is 2. The summed E-state index contributed by atoms with van der Waals surface area (Å²) in [5.74, 6) is -0.295. The highest BCUT2D eigenvalue weighted by molar-refractivity contribution is 7.90. The average molecular weight is 528 g/mol. The fourth-order valence-electron chi connectivity index (χ4n) is 5.16. The van der Waals surface area contributed by atoms with E-state index in [1.807, 2.05) is 0 Å². The predicted octanol–water partition coefficient (Wildman–Crippen LogP) is 1.24. The zero-order valence-electron chi connectivity index (χ0n) is 19.4. The number of carbonyl (C=O) groups excluding carboxylic acids is 2. The Bertz CT molecular complexity index is 1340. The number of nitrogens with zero attached hydrogens (tertiary/aromatic N) is 4. The molecule has 2 amide bonds. The summed E-state index contributed by atoms with van der Waals surface area (Å²) in [5.41, 5.74) is -1.88. The molecule has 4 heterocycles. The van der Waals surface area contributed by atoms with E-state index in [-0.39, 0.29) is 23.8 Å². The van der Waals surface area contributed by atoms with Crippen molar-refractivity contribution >= 4 is 37.7 Å². The predicted molar refractivity (Wildman–Crippen MR) is 120 cm³/mol. The van der Waals surface area contributed by atoms with Crippen LogP contribution < -0.4 is 5.32 Å². The molecule has 5 unspecified atom stereocenters. The number of nitrogens with one attached hydrogen (secondary N) is 1. The first-order valence-electron chi connectivity index (χ1n) is 10.9. The maximum absolute atomic E-state index is 13.4. The van der Waals surface area contributed by atoms with Gasteiger partial charge in [-0.25, -0.2) is 17.5 Å². The Morgan fingerprint density at radius 2 is 1.89 bits per heavy atom. The van der Waals surface area contributed by atoms with E-state index in [2.05, 4.69) is 15.7 Å². The molecule has 13 nitrogen and oxygen atoms in total. The van der Waals surface area contributed by atoms with Crippen LogP contribution in [0.1, 0.15) is 34.1 Å². The van der Waals surface area contributed by atoms with Crippen molar-refractivity contribution in [2.24, 2.45) is 10.3 Å². The summed E-state index contributed by atoms with van der Waals surface area (Å²) in [6.07, 6.45) is -1.77. The fraction of sp³-hybridized carbons (Fsp3) is 0.600. The van der Waals surface area contributed by atoms with Crippen molar-refractivity contribution < 1.29 is 35.9 Å². The molecular weight excluding hydrogens is 502 g/mol. The van der Waals surface area contributed by atoms with Crippen LogP contribution in [0.15, 0.2) is 39.5 Å². The van der Waals surface area contributed by atoms with Gasteiger partial charge in [-0.05, 0) is 51.5 Å². The number of anilines is 1. The zero-order valence-corrected chi connectivity index (χ0v) is 21.0. The molecule has 35 heavy (non-hydrogen) atoms. The van der Waals surface area contributed by atoms with Crippen molar-refractivity contribution in [3.8, 4) is 0 Å². The molecule has 5 rings (SSSR count). The highest BCUT2D eigenvalue weighted by Crippen LogP contribution is 2.57. The number of benzene rings is 1. The number of ether oxygens (including phenoxy) is 2. The van der Waals surface area contributed by atoms with Gasteiger partial charge in [0.25, 0.3) is 10.0 Å². The fourth-order valence-corrected chi connectivity index (χ4v) is 8.71. The third-order valence-corrected chi connectivity index (χ3v) is 10.3. The van der Waals surface area contributed by atoms with Gasteiger partial charge >= 0.3 is 6.09 Å². The van der Waals surface area contributed by atoms with Gasteiger partial charge in [0.15, 0.2) is 0 Å². The van der Waals surface area contributed by atoms with Gasteiger partial charge in [-0.1, -0.05) is 5.22 Å². The molecule has 15 heteroatoms. The first kappa shape index (κ1) is 23.9. The molecule has 1 aromatic rings. The van der Waals surface area contributed by atoms with Gasteiger partial charge in [0.2, 0.25) is 15.9 Å². The molecule has 0 aromatic heterocycles. The van der Waals surface area contributed by atoms with Crippen LogP contribution in [0.2, 0.25) is 0 Å². The van der Waals surface area contributed by atoms with Gasteiger partial charge in [0, 0.05) is 12.6 Å². The maximum Gasteiger partial charge on any atom is 0.424 e. The van der Waals surface area contributed by atoms with Crippen molar-refractivity contribution in [2.75, 3.05) is 11.9 Å². The first-order valence-corrected chi connectivity index (χ1v) is 13.9. The summed E-state index contributed by atoms with van der Waals surface area (Å²) in [7, 11) is -8.25. The average Bonchev–Trinajstić information content (AvgIpc) is 3.44. The highest BCUT2D eigenvalue weighted by atomic mass is 32.2. The molecular formula is C20H25N5O8S2. The molecule has 5 atom stereocenters. The first-order chi connectivity index (χ1) is 16.2. The van der Waals surface area contributed by atoms with Gasteiger partial charge in [0.1, 0.15) is 28.5 Å². The third kappa shape index (κ3) is 3.50. The number of sulfonamides is 2. The van der Waals surface area contributed by atoms with Gasteiger partial charge in [-0.15, -0.1) is 0 Å². The molecule has 4 aliphatic heterocycles. The van der Waals surface area contributed by atoms with E-state index in [1.54, 1.807) is 20.8 Å². The van der Waals surface area contributed by atoms with Gasteiger partial charge in [-0.3, -0.25) is 4.79 Å². The van der Waals surface area contributed by atoms with Crippen molar-refractivity contribution in [1.82, 2.24) is 8.72 Å². The number of hydrogen-bond donors (Lipinski definition) is 1. The summed E-state index contributed by atoms with van der Waals surface area (Å²) in [5, 5.41) is 9.53. The summed E-state index contributed by atoms with van der Waals surface area (Å²) in [6.45, 7) is 5.89. The Morgan fingerprint density at radius 1 is 1.23 bits per heavy atom. The molecule has 0 aliphatic carbocycles. The highest BCUT2D eigenvalue weighted by Gasteiger charge is 2.77. The lowest BCUT2D eigenvalue weighted by molar-refractivity contribution is -0.114. The van der Waals surface area contributed by atoms with Crippen LogP contribution in [-0.2, 0) is 34.3 Å². The minimum Gasteiger partial charge on any atom is -0.443 e. The van der Waals surface area contributed by atoms with E-state index in [0.29, 0.717) is 9.99 Å². The van der Waals surface area contributed by atoms with E-state index in [9.17, 15) is 26.4 Å². The van der Waals surface area contributed by atoms with Gasteiger partial charge in [0.05, 0.1) is 17.5 Å². The van der Waals surface area contributed by atoms with Crippen molar-refractivity contribution in [2.45, 2.75) is 73.7 Å². The normalized spacial score (nSPS) is 32.5. The van der Waals surface area contributed by atoms with Gasteiger partial charge < -0.3 is 14.8 Å². The molecule has 0 saturated carbocycles. The largest absolute Gasteiger partial charge is 0.443 e. The lowest BCUT2D eigenvalue weighted by Crippen LogP contribution is -2.55. The molecule has 190 valence electrons. The van der Waals surface area contributed by atoms with Crippen molar-refractivity contribution in [3.63, 3.8) is 0 Å². The lowest BCUT2D eigenvalue weighted by atomic mass is 9.81. The Balaban J connectivity index is 1.42. The number of carbonyl (C=O) groups is 2. The molecule has 2 bridgehead atoms. The lowest BCUT2D eigenvalue weighted by Gasteiger charge is -2.30. The monoisotopic (exact) mass is 527 g/mol. The minimum absolute atomic E-state index is 0.00132. The standard InChI is InChI=1S/C20H25N5O8S2/c1-11(26)21-12-5-7-13(8-6-12)34(28,29)25-16-14-9-15-20(32-14,17(16)22-23-25)10-24(35(15,30)31)18(27)33-19(2,3)4/h5-8,14-17H,9-10H2,1-4H3,(H,21,26). The second kappa shape index (κ2) is 7.36. The molecule has 0 radical (unpaired) electrons. The van der Waals surface area contributed by atoms with Crippen LogP contribution in [0.25, 0.3) is 0 Å². The molecule has 3 saturated heterocycles. The van der Waals surface area contributed by atoms with Crippen molar-refractivity contribution in [1.29, 1.82) is 0 Å². The molecule has 1 N–H and O–H groups in total. The third-order valence-electron chi connectivity index (χ3n) is 6.46. The Hall–Kier alpha value is -2.78. The van der Waals surface area contributed by atoms with Crippen molar-refractivity contribution in [3.05, 3.63) is 24.3 Å². The molecule has 3 fully saturated rings. The van der Waals surface area contributed by atoms with Crippen LogP contribution in [0, 0.1) is 0 Å². The molecule has 1 aromatic carbocycles. The Labute approximate surface area is 202 Å². The number of rotatable bonds is 3. The summed E-state index contributed by atoms with van der Waals surface area (Å²) < 4.78 is 66.0. The van der Waals surface area contributed by atoms with Crippen LogP contribution in [0.5, 0.6) is 0 Å². The maximum atomic E-state index is 13.4. The SMILES string of the molecule is CC(=O)Nc1ccc(S(=O)(=O)N2N=NC3C2C2CC4C3(CN(C(=O)OC(C)(C)C)S4(=O)=O)O2)cc1. The van der Waals surface area contributed by atoms with E-state index in [4.69, 9.17) is 9.47 Å². The van der Waals surface area contributed by atoms with E-state index in [0.717, 1.165) is 4.41 Å². The van der Waals surface area contributed by atoms with Crippen LogP contribution in [0.3, 0.4) is 0 Å². The molecule has 4 aliphatic rings. The summed E-state index contributed by atoms with van der Waals surface area (Å²) in [4.78, 5) is 23.8. The second-order valence-electron chi connectivity index (χ2n) is 9.99. The van der Waals surface area contributed by atoms with Crippen LogP contribution >= 0.6 is 0 Å². The number of hydrogen-bond acceptors (Lipinski definition) is 10. The van der Waals surface area contributed by atoms with E-state index >= 15 is 0 Å². The smallest absolute Gasteiger partial charge is 0.424 e. The van der Waals surface area contributed by atoms with E-state index < -0.39 is 60.8 Å². The topological polar surface area (TPSA) is 164 Å². The zero-order chi connectivity index (χ0) is 25.6. The Kier molecular flexibility index (Phi) is 5.04. The number of fused-ring (bicyclic) bond motifs is 3. The second-order valence-corrected chi connectivity index (χ2v) is 13.8. The summed E-state index contributed by atoms with van der Waals surface area (Å²) >= 11 is 0. The summed E-state index contributed by atoms with van der Waals surface area (Å²) in [6, 6.07) is 3.83. The van der Waals surface area contributed by atoms with Crippen LogP contribution in [0.4, 0.5) is 10.5 Å². The quantitative estimate of drug-likeness (QED) is 0.613. The van der Waals surface area contributed by atoms with E-state index in [1.165, 1.54) is 31.2 Å².